The minimum atomic E-state index is -2.91. The van der Waals surface area contributed by atoms with Crippen molar-refractivity contribution in [3.63, 3.8) is 0 Å². The SMILES string of the molecule is CCCNC1CCC(CC)CC1S(C)(=O)=O. The molecule has 0 radical (unpaired) electrons. The summed E-state index contributed by atoms with van der Waals surface area (Å²) in [5.41, 5.74) is 0. The van der Waals surface area contributed by atoms with E-state index in [1.807, 2.05) is 0 Å². The topological polar surface area (TPSA) is 46.2 Å². The fraction of sp³-hybridized carbons (Fsp3) is 1.00. The average molecular weight is 247 g/mol. The van der Waals surface area contributed by atoms with Gasteiger partial charge in [-0.05, 0) is 38.1 Å². The van der Waals surface area contributed by atoms with Gasteiger partial charge in [0.15, 0.2) is 9.84 Å². The van der Waals surface area contributed by atoms with Gasteiger partial charge < -0.3 is 5.32 Å². The highest BCUT2D eigenvalue weighted by Crippen LogP contribution is 2.30. The first kappa shape index (κ1) is 14.0. The van der Waals surface area contributed by atoms with Crippen LogP contribution in [0.1, 0.15) is 46.0 Å². The summed E-state index contributed by atoms with van der Waals surface area (Å²) in [6.07, 6.45) is 6.57. The van der Waals surface area contributed by atoms with Gasteiger partial charge in [0.05, 0.1) is 5.25 Å². The average Bonchev–Trinajstić information content (AvgIpc) is 2.25. The lowest BCUT2D eigenvalue weighted by atomic mass is 9.84. The van der Waals surface area contributed by atoms with Gasteiger partial charge in [-0.2, -0.15) is 0 Å². The molecule has 0 spiro atoms. The smallest absolute Gasteiger partial charge is 0.151 e. The van der Waals surface area contributed by atoms with E-state index in [2.05, 4.69) is 19.2 Å². The highest BCUT2D eigenvalue weighted by atomic mass is 32.2. The molecule has 3 atom stereocenters. The van der Waals surface area contributed by atoms with Crippen LogP contribution in [-0.4, -0.2) is 32.5 Å². The van der Waals surface area contributed by atoms with Crippen molar-refractivity contribution in [2.75, 3.05) is 12.8 Å². The third-order valence-corrected chi connectivity index (χ3v) is 5.31. The first-order valence-corrected chi connectivity index (χ1v) is 8.36. The number of nitrogens with one attached hydrogen (secondary N) is 1. The molecule has 1 aliphatic rings. The number of rotatable bonds is 5. The highest BCUT2D eigenvalue weighted by molar-refractivity contribution is 7.91. The Morgan fingerprint density at radius 3 is 2.44 bits per heavy atom. The van der Waals surface area contributed by atoms with Crippen molar-refractivity contribution in [3.8, 4) is 0 Å². The molecule has 1 aliphatic carbocycles. The molecule has 4 heteroatoms. The molecule has 1 N–H and O–H groups in total. The van der Waals surface area contributed by atoms with Gasteiger partial charge in [0, 0.05) is 12.3 Å². The zero-order chi connectivity index (χ0) is 12.2. The van der Waals surface area contributed by atoms with Crippen molar-refractivity contribution in [2.24, 2.45) is 5.92 Å². The Hall–Kier alpha value is -0.0900. The van der Waals surface area contributed by atoms with E-state index in [0.29, 0.717) is 5.92 Å². The zero-order valence-corrected chi connectivity index (χ0v) is 11.5. The maximum absolute atomic E-state index is 11.8. The van der Waals surface area contributed by atoms with Crippen LogP contribution < -0.4 is 5.32 Å². The van der Waals surface area contributed by atoms with Crippen LogP contribution in [0, 0.1) is 5.92 Å². The van der Waals surface area contributed by atoms with E-state index >= 15 is 0 Å². The summed E-state index contributed by atoms with van der Waals surface area (Å²) in [6, 6.07) is 0.178. The zero-order valence-electron chi connectivity index (χ0n) is 10.7. The maximum atomic E-state index is 11.8. The molecule has 0 heterocycles. The third kappa shape index (κ3) is 3.74. The molecular weight excluding hydrogens is 222 g/mol. The predicted octanol–water partition coefficient (Wildman–Crippen LogP) is 1.98. The molecule has 3 unspecified atom stereocenters. The van der Waals surface area contributed by atoms with Crippen LogP contribution in [0.4, 0.5) is 0 Å². The molecule has 0 saturated heterocycles. The Morgan fingerprint density at radius 1 is 1.25 bits per heavy atom. The van der Waals surface area contributed by atoms with Crippen LogP contribution in [0.25, 0.3) is 0 Å². The van der Waals surface area contributed by atoms with E-state index in [-0.39, 0.29) is 11.3 Å². The second kappa shape index (κ2) is 6.01. The fourth-order valence-electron chi connectivity index (χ4n) is 2.62. The van der Waals surface area contributed by atoms with Gasteiger partial charge >= 0.3 is 0 Å². The van der Waals surface area contributed by atoms with E-state index in [4.69, 9.17) is 0 Å². The van der Waals surface area contributed by atoms with Crippen molar-refractivity contribution in [3.05, 3.63) is 0 Å². The Morgan fingerprint density at radius 2 is 1.94 bits per heavy atom. The summed E-state index contributed by atoms with van der Waals surface area (Å²) in [5, 5.41) is 3.22. The molecule has 3 nitrogen and oxygen atoms in total. The Balaban J connectivity index is 2.68. The molecular formula is C12H25NO2S. The van der Waals surface area contributed by atoms with Gasteiger partial charge in [-0.25, -0.2) is 8.42 Å². The molecule has 16 heavy (non-hydrogen) atoms. The van der Waals surface area contributed by atoms with Gasteiger partial charge in [0.1, 0.15) is 0 Å². The lowest BCUT2D eigenvalue weighted by Gasteiger charge is -2.35. The van der Waals surface area contributed by atoms with E-state index in [1.165, 1.54) is 12.7 Å². The van der Waals surface area contributed by atoms with E-state index < -0.39 is 9.84 Å². The first-order chi connectivity index (χ1) is 7.49. The summed E-state index contributed by atoms with van der Waals surface area (Å²) in [7, 11) is -2.91. The van der Waals surface area contributed by atoms with E-state index in [0.717, 1.165) is 32.2 Å². The van der Waals surface area contributed by atoms with Crippen LogP contribution >= 0.6 is 0 Å². The third-order valence-electron chi connectivity index (χ3n) is 3.68. The molecule has 0 aromatic heterocycles. The molecule has 1 fully saturated rings. The highest BCUT2D eigenvalue weighted by Gasteiger charge is 2.35. The summed E-state index contributed by atoms with van der Waals surface area (Å²) in [4.78, 5) is 0. The molecule has 0 aromatic carbocycles. The molecule has 0 aliphatic heterocycles. The molecule has 1 saturated carbocycles. The predicted molar refractivity (Wildman–Crippen MR) is 68.3 cm³/mol. The summed E-state index contributed by atoms with van der Waals surface area (Å²) < 4.78 is 23.6. The van der Waals surface area contributed by atoms with Crippen LogP contribution in [0.15, 0.2) is 0 Å². The number of hydrogen-bond donors (Lipinski definition) is 1. The van der Waals surface area contributed by atoms with Gasteiger partial charge in [-0.1, -0.05) is 20.3 Å². The molecule has 96 valence electrons. The summed E-state index contributed by atoms with van der Waals surface area (Å²) in [5.74, 6) is 0.597. The number of sulfone groups is 1. The van der Waals surface area contributed by atoms with Crippen molar-refractivity contribution in [1.82, 2.24) is 5.32 Å². The molecule has 0 aromatic rings. The van der Waals surface area contributed by atoms with Crippen molar-refractivity contribution in [2.45, 2.75) is 57.2 Å². The Labute approximate surface area is 99.9 Å². The minimum absolute atomic E-state index is 0.169. The molecule has 0 bridgehead atoms. The fourth-order valence-corrected chi connectivity index (χ4v) is 4.07. The molecule has 0 amide bonds. The van der Waals surface area contributed by atoms with Gasteiger partial charge in [-0.15, -0.1) is 0 Å². The van der Waals surface area contributed by atoms with Gasteiger partial charge in [0.25, 0.3) is 0 Å². The van der Waals surface area contributed by atoms with E-state index in [9.17, 15) is 8.42 Å². The quantitative estimate of drug-likeness (QED) is 0.808. The van der Waals surface area contributed by atoms with Crippen molar-refractivity contribution >= 4 is 9.84 Å². The standard InChI is InChI=1S/C12H25NO2S/c1-4-8-13-11-7-6-10(5-2)9-12(11)16(3,14)15/h10-13H,4-9H2,1-3H3. The van der Waals surface area contributed by atoms with Crippen LogP contribution in [0.5, 0.6) is 0 Å². The lowest BCUT2D eigenvalue weighted by Crippen LogP contribution is -2.48. The maximum Gasteiger partial charge on any atom is 0.151 e. The second-order valence-electron chi connectivity index (χ2n) is 5.02. The molecule has 1 rings (SSSR count). The van der Waals surface area contributed by atoms with E-state index in [1.54, 1.807) is 0 Å². The largest absolute Gasteiger partial charge is 0.313 e. The Bertz CT molecular complexity index is 300. The lowest BCUT2D eigenvalue weighted by molar-refractivity contribution is 0.288. The van der Waals surface area contributed by atoms with Gasteiger partial charge in [-0.3, -0.25) is 0 Å². The summed E-state index contributed by atoms with van der Waals surface area (Å²) >= 11 is 0. The van der Waals surface area contributed by atoms with Crippen molar-refractivity contribution in [1.29, 1.82) is 0 Å². The van der Waals surface area contributed by atoms with Crippen LogP contribution in [0.2, 0.25) is 0 Å². The normalized spacial score (nSPS) is 31.6. The second-order valence-corrected chi connectivity index (χ2v) is 7.28. The monoisotopic (exact) mass is 247 g/mol. The van der Waals surface area contributed by atoms with Crippen molar-refractivity contribution < 1.29 is 8.42 Å². The Kier molecular flexibility index (Phi) is 5.25. The first-order valence-electron chi connectivity index (χ1n) is 6.41. The summed E-state index contributed by atoms with van der Waals surface area (Å²) in [6.45, 7) is 5.19. The van der Waals surface area contributed by atoms with Crippen LogP contribution in [-0.2, 0) is 9.84 Å². The minimum Gasteiger partial charge on any atom is -0.313 e. The van der Waals surface area contributed by atoms with Gasteiger partial charge in [0.2, 0.25) is 0 Å². The van der Waals surface area contributed by atoms with Crippen LogP contribution in [0.3, 0.4) is 0 Å². The number of hydrogen-bond acceptors (Lipinski definition) is 3.